The van der Waals surface area contributed by atoms with Crippen molar-refractivity contribution in [3.05, 3.63) is 0 Å². The van der Waals surface area contributed by atoms with Crippen molar-refractivity contribution in [2.45, 2.75) is 52.1 Å². The van der Waals surface area contributed by atoms with Gasteiger partial charge in [-0.05, 0) is 31.1 Å². The van der Waals surface area contributed by atoms with Gasteiger partial charge in [-0.1, -0.05) is 26.7 Å². The predicted octanol–water partition coefficient (Wildman–Crippen LogP) is 2.58. The largest absolute Gasteiger partial charge is 0.393 e. The molecule has 0 spiro atoms. The van der Waals surface area contributed by atoms with E-state index in [-0.39, 0.29) is 6.10 Å². The first kappa shape index (κ1) is 9.05. The minimum absolute atomic E-state index is 0.00569. The Bertz CT molecular complexity index is 109. The van der Waals surface area contributed by atoms with Gasteiger partial charge in [-0.15, -0.1) is 0 Å². The van der Waals surface area contributed by atoms with Gasteiger partial charge < -0.3 is 5.11 Å². The lowest BCUT2D eigenvalue weighted by atomic mass is 9.81. The van der Waals surface area contributed by atoms with Crippen molar-refractivity contribution >= 4 is 0 Å². The fraction of sp³-hybridized carbons (Fsp3) is 1.00. The Morgan fingerprint density at radius 2 is 1.91 bits per heavy atom. The molecule has 1 N–H and O–H groups in total. The molecule has 0 saturated heterocycles. The van der Waals surface area contributed by atoms with Crippen LogP contribution in [0.15, 0.2) is 0 Å². The lowest BCUT2D eigenvalue weighted by Crippen LogP contribution is -2.25. The molecule has 0 amide bonds. The van der Waals surface area contributed by atoms with E-state index < -0.39 is 0 Å². The summed E-state index contributed by atoms with van der Waals surface area (Å²) >= 11 is 0. The van der Waals surface area contributed by atoms with Crippen molar-refractivity contribution < 1.29 is 5.11 Å². The molecule has 1 fully saturated rings. The van der Waals surface area contributed by atoms with Crippen molar-refractivity contribution in [2.24, 2.45) is 11.8 Å². The van der Waals surface area contributed by atoms with E-state index in [1.54, 1.807) is 0 Å². The van der Waals surface area contributed by atoms with Gasteiger partial charge in [0.1, 0.15) is 0 Å². The smallest absolute Gasteiger partial charge is 0.0568 e. The van der Waals surface area contributed by atoms with E-state index >= 15 is 0 Å². The first-order chi connectivity index (χ1) is 5.20. The van der Waals surface area contributed by atoms with Gasteiger partial charge in [-0.3, -0.25) is 0 Å². The summed E-state index contributed by atoms with van der Waals surface area (Å²) in [5.41, 5.74) is 0. The molecule has 0 radical (unpaired) electrons. The van der Waals surface area contributed by atoms with Crippen LogP contribution in [0.4, 0.5) is 0 Å². The first-order valence-corrected chi connectivity index (χ1v) is 4.88. The summed E-state index contributed by atoms with van der Waals surface area (Å²) in [6.45, 7) is 4.47. The summed E-state index contributed by atoms with van der Waals surface area (Å²) in [5, 5.41) is 9.62. The number of hydrogen-bond acceptors (Lipinski definition) is 1. The minimum Gasteiger partial charge on any atom is -0.393 e. The van der Waals surface area contributed by atoms with Crippen molar-refractivity contribution in [1.82, 2.24) is 0 Å². The molecule has 0 aliphatic heterocycles. The summed E-state index contributed by atoms with van der Waals surface area (Å²) in [7, 11) is 0. The van der Waals surface area contributed by atoms with E-state index in [0.29, 0.717) is 5.92 Å². The van der Waals surface area contributed by atoms with Gasteiger partial charge in [0.25, 0.3) is 0 Å². The van der Waals surface area contributed by atoms with Crippen LogP contribution >= 0.6 is 0 Å². The van der Waals surface area contributed by atoms with Crippen LogP contribution in [0.2, 0.25) is 0 Å². The Labute approximate surface area is 69.8 Å². The molecular formula is C10H20O. The molecule has 1 heteroatoms. The predicted molar refractivity (Wildman–Crippen MR) is 47.4 cm³/mol. The highest BCUT2D eigenvalue weighted by Gasteiger charge is 2.23. The van der Waals surface area contributed by atoms with Crippen LogP contribution in [0.3, 0.4) is 0 Å². The minimum atomic E-state index is 0.00569. The van der Waals surface area contributed by atoms with E-state index in [2.05, 4.69) is 13.8 Å². The molecule has 0 aromatic heterocycles. The fourth-order valence-corrected chi connectivity index (χ4v) is 2.07. The Hall–Kier alpha value is -0.0400. The second kappa shape index (κ2) is 4.10. The van der Waals surface area contributed by atoms with E-state index in [0.717, 1.165) is 12.3 Å². The second-order valence-corrected chi connectivity index (χ2v) is 4.24. The van der Waals surface area contributed by atoms with Gasteiger partial charge in [0.15, 0.2) is 0 Å². The molecule has 0 unspecified atom stereocenters. The summed E-state index contributed by atoms with van der Waals surface area (Å²) in [6, 6.07) is 0. The van der Waals surface area contributed by atoms with Crippen LogP contribution in [0, 0.1) is 11.8 Å². The Kier molecular flexibility index (Phi) is 3.38. The van der Waals surface area contributed by atoms with Gasteiger partial charge >= 0.3 is 0 Å². The van der Waals surface area contributed by atoms with Gasteiger partial charge in [0, 0.05) is 0 Å². The summed E-state index contributed by atoms with van der Waals surface area (Å²) < 4.78 is 0. The zero-order valence-electron chi connectivity index (χ0n) is 7.71. The lowest BCUT2D eigenvalue weighted by molar-refractivity contribution is 0.0587. The van der Waals surface area contributed by atoms with Crippen LogP contribution in [0.25, 0.3) is 0 Å². The summed E-state index contributed by atoms with van der Waals surface area (Å²) in [6.07, 6.45) is 6.06. The third-order valence-electron chi connectivity index (χ3n) is 2.64. The molecule has 66 valence electrons. The van der Waals surface area contributed by atoms with Gasteiger partial charge in [0.2, 0.25) is 0 Å². The molecule has 0 aromatic carbocycles. The SMILES string of the molecule is CC(C)C[C@H]1CCCC[C@@H]1O. The molecular weight excluding hydrogens is 136 g/mol. The average molecular weight is 156 g/mol. The summed E-state index contributed by atoms with van der Waals surface area (Å²) in [4.78, 5) is 0. The monoisotopic (exact) mass is 156 g/mol. The lowest BCUT2D eigenvalue weighted by Gasteiger charge is -2.28. The van der Waals surface area contributed by atoms with Crippen LogP contribution in [0.1, 0.15) is 46.0 Å². The third kappa shape index (κ3) is 2.82. The highest BCUT2D eigenvalue weighted by atomic mass is 16.3. The zero-order chi connectivity index (χ0) is 8.27. The third-order valence-corrected chi connectivity index (χ3v) is 2.64. The molecule has 0 aromatic rings. The molecule has 1 aliphatic rings. The first-order valence-electron chi connectivity index (χ1n) is 4.88. The highest BCUT2D eigenvalue weighted by molar-refractivity contribution is 4.74. The van der Waals surface area contributed by atoms with Crippen LogP contribution in [0.5, 0.6) is 0 Å². The molecule has 1 aliphatic carbocycles. The quantitative estimate of drug-likeness (QED) is 0.651. The van der Waals surface area contributed by atoms with Crippen LogP contribution in [-0.4, -0.2) is 11.2 Å². The highest BCUT2D eigenvalue weighted by Crippen LogP contribution is 2.29. The van der Waals surface area contributed by atoms with Crippen LogP contribution < -0.4 is 0 Å². The Morgan fingerprint density at radius 1 is 1.27 bits per heavy atom. The van der Waals surface area contributed by atoms with Crippen molar-refractivity contribution in [3.63, 3.8) is 0 Å². The average Bonchev–Trinajstić information content (AvgIpc) is 1.93. The van der Waals surface area contributed by atoms with Crippen molar-refractivity contribution in [2.75, 3.05) is 0 Å². The van der Waals surface area contributed by atoms with E-state index in [1.807, 2.05) is 0 Å². The number of rotatable bonds is 2. The maximum atomic E-state index is 9.62. The topological polar surface area (TPSA) is 20.2 Å². The fourth-order valence-electron chi connectivity index (χ4n) is 2.07. The molecule has 0 heterocycles. The molecule has 1 nitrogen and oxygen atoms in total. The van der Waals surface area contributed by atoms with Gasteiger partial charge in [0.05, 0.1) is 6.10 Å². The van der Waals surface area contributed by atoms with Gasteiger partial charge in [-0.25, -0.2) is 0 Å². The standard InChI is InChI=1S/C10H20O/c1-8(2)7-9-5-3-4-6-10(9)11/h8-11H,3-7H2,1-2H3/t9-,10+/m1/s1. The normalized spacial score (nSPS) is 32.7. The zero-order valence-corrected chi connectivity index (χ0v) is 7.71. The maximum absolute atomic E-state index is 9.62. The molecule has 1 rings (SSSR count). The van der Waals surface area contributed by atoms with Crippen LogP contribution in [-0.2, 0) is 0 Å². The number of hydrogen-bond donors (Lipinski definition) is 1. The molecule has 11 heavy (non-hydrogen) atoms. The molecule has 0 bridgehead atoms. The van der Waals surface area contributed by atoms with Crippen molar-refractivity contribution in [3.8, 4) is 0 Å². The summed E-state index contributed by atoms with van der Waals surface area (Å²) in [5.74, 6) is 1.34. The number of aliphatic hydroxyl groups is 1. The van der Waals surface area contributed by atoms with Crippen molar-refractivity contribution in [1.29, 1.82) is 0 Å². The second-order valence-electron chi connectivity index (χ2n) is 4.24. The maximum Gasteiger partial charge on any atom is 0.0568 e. The Balaban J connectivity index is 2.29. The van der Waals surface area contributed by atoms with Gasteiger partial charge in [-0.2, -0.15) is 0 Å². The van der Waals surface area contributed by atoms with E-state index in [9.17, 15) is 5.11 Å². The van der Waals surface area contributed by atoms with E-state index in [1.165, 1.54) is 25.7 Å². The number of aliphatic hydroxyl groups excluding tert-OH is 1. The Morgan fingerprint density at radius 3 is 2.45 bits per heavy atom. The molecule has 2 atom stereocenters. The van der Waals surface area contributed by atoms with E-state index in [4.69, 9.17) is 0 Å². The molecule has 1 saturated carbocycles.